The van der Waals surface area contributed by atoms with E-state index >= 15 is 0 Å². The lowest BCUT2D eigenvalue weighted by Crippen LogP contribution is -1.94. The van der Waals surface area contributed by atoms with Crippen molar-refractivity contribution < 1.29 is 19.7 Å². The lowest BCUT2D eigenvalue weighted by molar-refractivity contribution is -0.385. The molecule has 0 aliphatic rings. The second kappa shape index (κ2) is 16.6. The number of rotatable bonds is 12. The van der Waals surface area contributed by atoms with Gasteiger partial charge < -0.3 is 0 Å². The molecule has 0 fully saturated rings. The van der Waals surface area contributed by atoms with Crippen LogP contribution in [0.25, 0.3) is 45.6 Å². The average molecular weight is 767 g/mol. The summed E-state index contributed by atoms with van der Waals surface area (Å²) >= 11 is 0. The predicted molar refractivity (Wildman–Crippen MR) is 224 cm³/mol. The van der Waals surface area contributed by atoms with E-state index in [0.717, 1.165) is 33.4 Å². The SMILES string of the molecule is O=[N+]([O-])c1cccc(C(=Cc2ccc(-c3ccc(-c4ccc(C=C(c5cccc([N+](=O)[O-])c5)c5cccc([N+](=O)[O-])c5)cc4)cc3)cc2)c2cccc([N+](=O)[O-])c2)c1. The van der Waals surface area contributed by atoms with Gasteiger partial charge in [-0.1, -0.05) is 121 Å². The lowest BCUT2D eigenvalue weighted by Gasteiger charge is -2.10. The minimum atomic E-state index is -0.479. The lowest BCUT2D eigenvalue weighted by atomic mass is 9.94. The second-order valence-electron chi connectivity index (χ2n) is 13.2. The third kappa shape index (κ3) is 8.61. The maximum Gasteiger partial charge on any atom is 0.270 e. The van der Waals surface area contributed by atoms with Crippen molar-refractivity contribution in [3.8, 4) is 22.3 Å². The smallest absolute Gasteiger partial charge is 0.258 e. The molecule has 7 rings (SSSR count). The van der Waals surface area contributed by atoms with Crippen molar-refractivity contribution in [1.82, 2.24) is 0 Å². The van der Waals surface area contributed by atoms with Crippen LogP contribution in [-0.4, -0.2) is 19.7 Å². The fourth-order valence-electron chi connectivity index (χ4n) is 6.55. The third-order valence-electron chi connectivity index (χ3n) is 9.47. The molecular formula is C46H30N4O8. The van der Waals surface area contributed by atoms with Gasteiger partial charge in [0.2, 0.25) is 0 Å². The summed E-state index contributed by atoms with van der Waals surface area (Å²) in [6, 6.07) is 48.2. The summed E-state index contributed by atoms with van der Waals surface area (Å²) in [5, 5.41) is 46.2. The molecule has 0 aromatic heterocycles. The van der Waals surface area contributed by atoms with E-state index in [2.05, 4.69) is 0 Å². The zero-order valence-corrected chi connectivity index (χ0v) is 30.4. The van der Waals surface area contributed by atoms with Gasteiger partial charge in [-0.05, 0) is 78.9 Å². The summed E-state index contributed by atoms with van der Waals surface area (Å²) in [6.07, 6.45) is 3.69. The topological polar surface area (TPSA) is 173 Å². The highest BCUT2D eigenvalue weighted by Crippen LogP contribution is 2.34. The van der Waals surface area contributed by atoms with Crippen molar-refractivity contribution in [2.24, 2.45) is 0 Å². The van der Waals surface area contributed by atoms with Gasteiger partial charge in [0.15, 0.2) is 0 Å². The molecule has 0 unspecified atom stereocenters. The Morgan fingerprint density at radius 2 is 0.552 bits per heavy atom. The molecule has 0 saturated heterocycles. The van der Waals surface area contributed by atoms with Crippen molar-refractivity contribution in [3.05, 3.63) is 244 Å². The number of benzene rings is 7. The Hall–Kier alpha value is -8.38. The zero-order chi connectivity index (χ0) is 40.8. The standard InChI is InChI=1S/C46H30N4O8/c51-47(52)41-9-1-5-37(27-41)45(38-6-2-10-42(28-38)48(53)54)25-31-13-17-33(18-14-31)35-21-23-36(24-22-35)34-19-15-32(16-20-34)26-46(39-7-3-11-43(29-39)49(55)56)40-8-4-12-44(30-40)50(57)58/h1-30H. The Labute approximate surface area is 330 Å². The van der Waals surface area contributed by atoms with E-state index in [-0.39, 0.29) is 22.7 Å². The number of nitrogens with zero attached hydrogens (tertiary/aromatic N) is 4. The van der Waals surface area contributed by atoms with E-state index in [0.29, 0.717) is 33.4 Å². The molecule has 12 nitrogen and oxygen atoms in total. The Morgan fingerprint density at radius 3 is 0.776 bits per heavy atom. The highest BCUT2D eigenvalue weighted by molar-refractivity contribution is 5.93. The van der Waals surface area contributed by atoms with Crippen molar-refractivity contribution >= 4 is 46.0 Å². The fourth-order valence-corrected chi connectivity index (χ4v) is 6.55. The van der Waals surface area contributed by atoms with Crippen LogP contribution < -0.4 is 0 Å². The predicted octanol–water partition coefficient (Wildman–Crippen LogP) is 11.8. The molecule has 0 N–H and O–H groups in total. The largest absolute Gasteiger partial charge is 0.270 e. The summed E-state index contributed by atoms with van der Waals surface area (Å²) in [6.45, 7) is 0. The molecule has 0 bridgehead atoms. The second-order valence-corrected chi connectivity index (χ2v) is 13.2. The van der Waals surface area contributed by atoms with Crippen LogP contribution in [0.4, 0.5) is 22.7 Å². The fraction of sp³-hybridized carbons (Fsp3) is 0. The van der Waals surface area contributed by atoms with Crippen LogP contribution in [0, 0.1) is 40.5 Å². The maximum absolute atomic E-state index is 11.5. The van der Waals surface area contributed by atoms with E-state index in [4.69, 9.17) is 0 Å². The summed E-state index contributed by atoms with van der Waals surface area (Å²) in [7, 11) is 0. The normalized spacial score (nSPS) is 10.6. The number of nitro groups is 4. The van der Waals surface area contributed by atoms with Gasteiger partial charge in [-0.3, -0.25) is 40.5 Å². The molecule has 7 aromatic rings. The van der Waals surface area contributed by atoms with E-state index < -0.39 is 19.7 Å². The van der Waals surface area contributed by atoms with Crippen molar-refractivity contribution in [2.75, 3.05) is 0 Å². The van der Waals surface area contributed by atoms with Gasteiger partial charge in [0.05, 0.1) is 19.7 Å². The minimum Gasteiger partial charge on any atom is -0.258 e. The number of hydrogen-bond donors (Lipinski definition) is 0. The van der Waals surface area contributed by atoms with Gasteiger partial charge in [0.1, 0.15) is 0 Å². The van der Waals surface area contributed by atoms with E-state index in [1.807, 2.05) is 84.9 Å². The highest BCUT2D eigenvalue weighted by Gasteiger charge is 2.16. The monoisotopic (exact) mass is 766 g/mol. The Bertz CT molecular complexity index is 2470. The van der Waals surface area contributed by atoms with Crippen LogP contribution in [0.2, 0.25) is 0 Å². The first-order chi connectivity index (χ1) is 28.0. The summed E-state index contributed by atoms with van der Waals surface area (Å²) in [5.74, 6) is 0. The highest BCUT2D eigenvalue weighted by atomic mass is 16.6. The van der Waals surface area contributed by atoms with Crippen LogP contribution >= 0.6 is 0 Å². The molecule has 282 valence electrons. The van der Waals surface area contributed by atoms with E-state index in [9.17, 15) is 40.5 Å². The van der Waals surface area contributed by atoms with Gasteiger partial charge in [0.25, 0.3) is 22.7 Å². The van der Waals surface area contributed by atoms with Gasteiger partial charge in [-0.15, -0.1) is 0 Å². The molecule has 0 spiro atoms. The third-order valence-corrected chi connectivity index (χ3v) is 9.47. The molecule has 0 atom stereocenters. The summed E-state index contributed by atoms with van der Waals surface area (Å²) in [4.78, 5) is 44.2. The van der Waals surface area contributed by atoms with Crippen LogP contribution in [0.3, 0.4) is 0 Å². The van der Waals surface area contributed by atoms with Crippen molar-refractivity contribution in [3.63, 3.8) is 0 Å². The molecule has 0 heterocycles. The van der Waals surface area contributed by atoms with Gasteiger partial charge in [-0.2, -0.15) is 0 Å². The molecule has 0 aliphatic carbocycles. The van der Waals surface area contributed by atoms with Crippen LogP contribution in [0.15, 0.2) is 170 Å². The van der Waals surface area contributed by atoms with Crippen molar-refractivity contribution in [2.45, 2.75) is 0 Å². The molecule has 0 amide bonds. The van der Waals surface area contributed by atoms with Crippen LogP contribution in [-0.2, 0) is 0 Å². The number of non-ortho nitro benzene ring substituents is 4. The van der Waals surface area contributed by atoms with Gasteiger partial charge in [-0.25, -0.2) is 0 Å². The number of hydrogen-bond acceptors (Lipinski definition) is 8. The van der Waals surface area contributed by atoms with Gasteiger partial charge >= 0.3 is 0 Å². The number of nitro benzene ring substituents is 4. The first-order valence-corrected chi connectivity index (χ1v) is 17.8. The van der Waals surface area contributed by atoms with E-state index in [1.54, 1.807) is 48.5 Å². The summed E-state index contributed by atoms with van der Waals surface area (Å²) in [5.41, 5.74) is 8.42. The Morgan fingerprint density at radius 1 is 0.328 bits per heavy atom. The molecular weight excluding hydrogens is 737 g/mol. The first-order valence-electron chi connectivity index (χ1n) is 17.8. The molecule has 0 aliphatic heterocycles. The maximum atomic E-state index is 11.5. The average Bonchev–Trinajstić information content (AvgIpc) is 3.25. The Balaban J connectivity index is 1.14. The first kappa shape index (κ1) is 37.9. The van der Waals surface area contributed by atoms with Crippen molar-refractivity contribution in [1.29, 1.82) is 0 Å². The molecule has 58 heavy (non-hydrogen) atoms. The molecule has 0 radical (unpaired) electrons. The summed E-state index contributed by atoms with van der Waals surface area (Å²) < 4.78 is 0. The molecule has 0 saturated carbocycles. The van der Waals surface area contributed by atoms with Crippen LogP contribution in [0.1, 0.15) is 33.4 Å². The van der Waals surface area contributed by atoms with E-state index in [1.165, 1.54) is 48.5 Å². The Kier molecular flexibility index (Phi) is 10.8. The molecule has 12 heteroatoms. The molecule has 7 aromatic carbocycles. The quantitative estimate of drug-likeness (QED) is 0.0671. The van der Waals surface area contributed by atoms with Crippen LogP contribution in [0.5, 0.6) is 0 Å². The zero-order valence-electron chi connectivity index (χ0n) is 30.4. The minimum absolute atomic E-state index is 0.0919. The van der Waals surface area contributed by atoms with Gasteiger partial charge in [0, 0.05) is 48.5 Å².